The van der Waals surface area contributed by atoms with Gasteiger partial charge in [-0.1, -0.05) is 31.5 Å². The van der Waals surface area contributed by atoms with Gasteiger partial charge in [-0.3, -0.25) is 4.90 Å². The van der Waals surface area contributed by atoms with Crippen LogP contribution in [0.1, 0.15) is 19.4 Å². The molecule has 2 N–H and O–H groups in total. The second-order valence-corrected chi connectivity index (χ2v) is 6.03. The summed E-state index contributed by atoms with van der Waals surface area (Å²) in [6, 6.07) is 6.06. The van der Waals surface area contributed by atoms with E-state index in [1.54, 1.807) is 0 Å². The highest BCUT2D eigenvalue weighted by atomic mass is 35.5. The van der Waals surface area contributed by atoms with E-state index >= 15 is 0 Å². The third kappa shape index (κ3) is 3.62. The van der Waals surface area contributed by atoms with Crippen LogP contribution in [0.15, 0.2) is 18.2 Å². The van der Waals surface area contributed by atoms with Gasteiger partial charge in [0.2, 0.25) is 0 Å². The van der Waals surface area contributed by atoms with Gasteiger partial charge in [0.25, 0.3) is 0 Å². The highest BCUT2D eigenvalue weighted by Crippen LogP contribution is 2.28. The molecule has 1 aromatic rings. The summed E-state index contributed by atoms with van der Waals surface area (Å²) < 4.78 is 0. The minimum atomic E-state index is 0.501. The predicted molar refractivity (Wildman–Crippen MR) is 82.8 cm³/mol. The van der Waals surface area contributed by atoms with Crippen LogP contribution >= 0.6 is 11.6 Å². The van der Waals surface area contributed by atoms with Crippen molar-refractivity contribution in [2.45, 2.75) is 20.4 Å². The Hall–Kier alpha value is -0.770. The van der Waals surface area contributed by atoms with E-state index in [1.165, 1.54) is 12.2 Å². The molecule has 106 valence electrons. The lowest BCUT2D eigenvalue weighted by Crippen LogP contribution is -2.47. The van der Waals surface area contributed by atoms with E-state index in [4.69, 9.17) is 17.3 Å². The normalized spacial score (nSPS) is 17.2. The molecule has 3 nitrogen and oxygen atoms in total. The van der Waals surface area contributed by atoms with Crippen molar-refractivity contribution in [2.24, 2.45) is 11.7 Å². The first-order valence-corrected chi connectivity index (χ1v) is 7.44. The first kappa shape index (κ1) is 14.6. The topological polar surface area (TPSA) is 32.5 Å². The van der Waals surface area contributed by atoms with Crippen molar-refractivity contribution >= 4 is 17.3 Å². The van der Waals surface area contributed by atoms with Crippen LogP contribution in [0.3, 0.4) is 0 Å². The Balaban J connectivity index is 2.03. The van der Waals surface area contributed by atoms with Crippen molar-refractivity contribution in [1.82, 2.24) is 4.90 Å². The van der Waals surface area contributed by atoms with Crippen molar-refractivity contribution in [1.29, 1.82) is 0 Å². The molecule has 4 heteroatoms. The Morgan fingerprint density at radius 3 is 2.47 bits per heavy atom. The van der Waals surface area contributed by atoms with Gasteiger partial charge in [-0.05, 0) is 18.1 Å². The summed E-state index contributed by atoms with van der Waals surface area (Å²) in [5, 5.41) is 0.782. The van der Waals surface area contributed by atoms with Crippen LogP contribution in [-0.4, -0.2) is 37.6 Å². The molecule has 0 radical (unpaired) electrons. The molecule has 0 amide bonds. The van der Waals surface area contributed by atoms with E-state index in [1.807, 2.05) is 12.1 Å². The SMILES string of the molecule is CC(C)CN1CCN(c2cccc(Cl)c2CN)CC1. The van der Waals surface area contributed by atoms with Gasteiger partial charge in [0.05, 0.1) is 0 Å². The van der Waals surface area contributed by atoms with Gasteiger partial charge in [-0.15, -0.1) is 0 Å². The average Bonchev–Trinajstić information content (AvgIpc) is 2.38. The quantitative estimate of drug-likeness (QED) is 0.921. The summed E-state index contributed by atoms with van der Waals surface area (Å²) in [6.07, 6.45) is 0. The van der Waals surface area contributed by atoms with Crippen LogP contribution in [0, 0.1) is 5.92 Å². The van der Waals surface area contributed by atoms with E-state index in [-0.39, 0.29) is 0 Å². The number of piperazine rings is 1. The molecular formula is C15H24ClN3. The van der Waals surface area contributed by atoms with Crippen molar-refractivity contribution in [2.75, 3.05) is 37.6 Å². The van der Waals surface area contributed by atoms with Crippen molar-refractivity contribution in [3.63, 3.8) is 0 Å². The number of rotatable bonds is 4. The second kappa shape index (κ2) is 6.60. The number of halogens is 1. The van der Waals surface area contributed by atoms with Crippen molar-refractivity contribution in [3.8, 4) is 0 Å². The predicted octanol–water partition coefficient (Wildman–Crippen LogP) is 2.58. The molecule has 1 aromatic carbocycles. The summed E-state index contributed by atoms with van der Waals surface area (Å²) >= 11 is 6.23. The van der Waals surface area contributed by atoms with Crippen LogP contribution in [0.5, 0.6) is 0 Å². The van der Waals surface area contributed by atoms with Crippen LogP contribution in [0.4, 0.5) is 5.69 Å². The van der Waals surface area contributed by atoms with Gasteiger partial charge in [0, 0.05) is 55.5 Å². The molecule has 0 atom stereocenters. The van der Waals surface area contributed by atoms with Crippen LogP contribution in [0.25, 0.3) is 0 Å². The molecule has 0 aliphatic carbocycles. The lowest BCUT2D eigenvalue weighted by Gasteiger charge is -2.37. The summed E-state index contributed by atoms with van der Waals surface area (Å²) in [5.41, 5.74) is 8.11. The Bertz CT molecular complexity index is 412. The number of hydrogen-bond acceptors (Lipinski definition) is 3. The molecule has 19 heavy (non-hydrogen) atoms. The Morgan fingerprint density at radius 1 is 1.21 bits per heavy atom. The van der Waals surface area contributed by atoms with Crippen LogP contribution in [-0.2, 0) is 6.54 Å². The van der Waals surface area contributed by atoms with Crippen molar-refractivity contribution < 1.29 is 0 Å². The molecule has 1 aliphatic heterocycles. The molecule has 0 spiro atoms. The molecule has 1 fully saturated rings. The lowest BCUT2D eigenvalue weighted by atomic mass is 10.1. The van der Waals surface area contributed by atoms with E-state index in [2.05, 4.69) is 29.7 Å². The largest absolute Gasteiger partial charge is 0.369 e. The summed E-state index contributed by atoms with van der Waals surface area (Å²) in [6.45, 7) is 10.6. The lowest BCUT2D eigenvalue weighted by molar-refractivity contribution is 0.231. The number of hydrogen-bond donors (Lipinski definition) is 1. The smallest absolute Gasteiger partial charge is 0.0471 e. The number of nitrogens with zero attached hydrogens (tertiary/aromatic N) is 2. The Kier molecular flexibility index (Phi) is 5.08. The molecule has 0 aromatic heterocycles. The first-order chi connectivity index (χ1) is 9.11. The molecule has 0 bridgehead atoms. The van der Waals surface area contributed by atoms with E-state index < -0.39 is 0 Å². The number of benzene rings is 1. The van der Waals surface area contributed by atoms with Gasteiger partial charge in [-0.2, -0.15) is 0 Å². The minimum absolute atomic E-state index is 0.501. The highest BCUT2D eigenvalue weighted by Gasteiger charge is 2.20. The zero-order valence-electron chi connectivity index (χ0n) is 11.9. The van der Waals surface area contributed by atoms with Gasteiger partial charge in [-0.25, -0.2) is 0 Å². The highest BCUT2D eigenvalue weighted by molar-refractivity contribution is 6.31. The van der Waals surface area contributed by atoms with Crippen LogP contribution in [0.2, 0.25) is 5.02 Å². The fraction of sp³-hybridized carbons (Fsp3) is 0.600. The standard InChI is InChI=1S/C15H24ClN3/c1-12(2)11-18-6-8-19(9-7-18)15-5-3-4-14(16)13(15)10-17/h3-5,12H,6-11,17H2,1-2H3. The average molecular weight is 282 g/mol. The zero-order valence-corrected chi connectivity index (χ0v) is 12.7. The molecule has 1 aliphatic rings. The minimum Gasteiger partial charge on any atom is -0.369 e. The van der Waals surface area contributed by atoms with Crippen molar-refractivity contribution in [3.05, 3.63) is 28.8 Å². The molecular weight excluding hydrogens is 258 g/mol. The maximum atomic E-state index is 6.23. The Morgan fingerprint density at radius 2 is 1.89 bits per heavy atom. The molecule has 0 saturated carbocycles. The van der Waals surface area contributed by atoms with Crippen LogP contribution < -0.4 is 10.6 Å². The maximum absolute atomic E-state index is 6.23. The fourth-order valence-corrected chi connectivity index (χ4v) is 2.98. The van der Waals surface area contributed by atoms with E-state index in [0.717, 1.165) is 42.7 Å². The van der Waals surface area contributed by atoms with E-state index in [9.17, 15) is 0 Å². The van der Waals surface area contributed by atoms with Gasteiger partial charge >= 0.3 is 0 Å². The first-order valence-electron chi connectivity index (χ1n) is 7.06. The molecule has 1 saturated heterocycles. The summed E-state index contributed by atoms with van der Waals surface area (Å²) in [7, 11) is 0. The zero-order chi connectivity index (χ0) is 13.8. The number of nitrogens with two attached hydrogens (primary N) is 1. The third-order valence-electron chi connectivity index (χ3n) is 3.63. The fourth-order valence-electron chi connectivity index (χ4n) is 2.73. The maximum Gasteiger partial charge on any atom is 0.0471 e. The monoisotopic (exact) mass is 281 g/mol. The summed E-state index contributed by atoms with van der Waals surface area (Å²) in [4.78, 5) is 4.94. The Labute approximate surface area is 121 Å². The second-order valence-electron chi connectivity index (χ2n) is 5.62. The van der Waals surface area contributed by atoms with Gasteiger partial charge in [0.1, 0.15) is 0 Å². The van der Waals surface area contributed by atoms with Gasteiger partial charge < -0.3 is 10.6 Å². The van der Waals surface area contributed by atoms with E-state index in [0.29, 0.717) is 6.54 Å². The number of anilines is 1. The van der Waals surface area contributed by atoms with Gasteiger partial charge in [0.15, 0.2) is 0 Å². The molecule has 0 unspecified atom stereocenters. The molecule has 2 rings (SSSR count). The molecule has 1 heterocycles. The third-order valence-corrected chi connectivity index (χ3v) is 3.99. The summed E-state index contributed by atoms with van der Waals surface area (Å²) in [5.74, 6) is 0.734.